The van der Waals surface area contributed by atoms with Crippen LogP contribution in [0, 0.1) is 0 Å². The molecule has 1 atom stereocenters. The monoisotopic (exact) mass is 406 g/mol. The van der Waals surface area contributed by atoms with Crippen molar-refractivity contribution in [3.63, 3.8) is 0 Å². The highest BCUT2D eigenvalue weighted by molar-refractivity contribution is 7.08. The lowest BCUT2D eigenvalue weighted by Crippen LogP contribution is -2.48. The topological polar surface area (TPSA) is 60.9 Å². The average Bonchev–Trinajstić information content (AvgIpc) is 3.11. The maximum atomic E-state index is 13.2. The molecule has 27 heavy (non-hydrogen) atoms. The second kappa shape index (κ2) is 8.42. The van der Waals surface area contributed by atoms with Crippen LogP contribution in [0.4, 0.5) is 0 Å². The number of carbonyl (C=O) groups is 2. The van der Waals surface area contributed by atoms with Crippen LogP contribution in [0.25, 0.3) is 0 Å². The molecule has 1 saturated heterocycles. The molecule has 1 unspecified atom stereocenters. The summed E-state index contributed by atoms with van der Waals surface area (Å²) in [7, 11) is 0. The van der Waals surface area contributed by atoms with E-state index in [-0.39, 0.29) is 18.2 Å². The smallest absolute Gasteiger partial charge is 0.259 e. The maximum Gasteiger partial charge on any atom is 0.259 e. The van der Waals surface area contributed by atoms with E-state index in [1.54, 1.807) is 41.0 Å². The fraction of sp³-hybridized carbons (Fsp3) is 0.400. The van der Waals surface area contributed by atoms with Gasteiger partial charge < -0.3 is 14.9 Å². The minimum absolute atomic E-state index is 0.00820. The summed E-state index contributed by atoms with van der Waals surface area (Å²) in [6.45, 7) is 3.74. The van der Waals surface area contributed by atoms with E-state index in [1.807, 2.05) is 16.8 Å². The minimum atomic E-state index is -1.61. The zero-order valence-electron chi connectivity index (χ0n) is 15.2. The van der Waals surface area contributed by atoms with E-state index in [4.69, 9.17) is 11.6 Å². The number of nitrogens with zero attached hydrogens (tertiary/aromatic N) is 2. The summed E-state index contributed by atoms with van der Waals surface area (Å²) in [5.74, 6) is -0.344. The van der Waals surface area contributed by atoms with Crippen molar-refractivity contribution in [2.24, 2.45) is 0 Å². The molecule has 1 N–H and O–H groups in total. The first-order valence-electron chi connectivity index (χ1n) is 9.05. The van der Waals surface area contributed by atoms with E-state index in [0.717, 1.165) is 0 Å². The van der Waals surface area contributed by atoms with E-state index in [1.165, 1.54) is 11.3 Å². The molecule has 0 saturated carbocycles. The van der Waals surface area contributed by atoms with Crippen molar-refractivity contribution in [2.45, 2.75) is 25.4 Å². The van der Waals surface area contributed by atoms with Gasteiger partial charge in [-0.05, 0) is 42.0 Å². The third-order valence-corrected chi connectivity index (χ3v) is 5.92. The lowest BCUT2D eigenvalue weighted by Gasteiger charge is -2.32. The van der Waals surface area contributed by atoms with Crippen molar-refractivity contribution in [1.82, 2.24) is 9.80 Å². The van der Waals surface area contributed by atoms with Gasteiger partial charge in [-0.3, -0.25) is 9.59 Å². The molecule has 2 heterocycles. The number of hydrogen-bond donors (Lipinski definition) is 1. The van der Waals surface area contributed by atoms with Gasteiger partial charge in [-0.2, -0.15) is 11.3 Å². The Balaban J connectivity index is 1.74. The number of aliphatic hydroxyl groups is 1. The van der Waals surface area contributed by atoms with Crippen molar-refractivity contribution in [2.75, 3.05) is 26.2 Å². The van der Waals surface area contributed by atoms with Gasteiger partial charge in [0.25, 0.3) is 11.8 Å². The summed E-state index contributed by atoms with van der Waals surface area (Å²) >= 11 is 7.54. The number of hydrogen-bond acceptors (Lipinski definition) is 4. The van der Waals surface area contributed by atoms with E-state index in [2.05, 4.69) is 0 Å². The molecule has 2 aromatic rings. The third kappa shape index (κ3) is 4.18. The molecule has 144 valence electrons. The normalized spacial score (nSPS) is 17.3. The van der Waals surface area contributed by atoms with Gasteiger partial charge in [-0.15, -0.1) is 0 Å². The second-order valence-electron chi connectivity index (χ2n) is 6.67. The first-order chi connectivity index (χ1) is 13.0. The van der Waals surface area contributed by atoms with Crippen molar-refractivity contribution in [3.8, 4) is 0 Å². The maximum absolute atomic E-state index is 13.2. The molecule has 0 bridgehead atoms. The highest BCUT2D eigenvalue weighted by atomic mass is 35.5. The van der Waals surface area contributed by atoms with Crippen molar-refractivity contribution < 1.29 is 14.7 Å². The zero-order chi connectivity index (χ0) is 19.4. The van der Waals surface area contributed by atoms with Crippen molar-refractivity contribution >= 4 is 34.8 Å². The van der Waals surface area contributed by atoms with Gasteiger partial charge in [-0.25, -0.2) is 0 Å². The Labute approximate surface area is 168 Å². The summed E-state index contributed by atoms with van der Waals surface area (Å²) < 4.78 is 0. The largest absolute Gasteiger partial charge is 0.375 e. The molecule has 0 spiro atoms. The Bertz CT molecular complexity index is 811. The van der Waals surface area contributed by atoms with E-state index in [0.29, 0.717) is 48.7 Å². The standard InChI is InChI=1S/C20H23ClN2O3S/c1-2-20(26,16-5-3-6-17(21)13-16)19(25)23-9-4-8-22(10-11-23)18(24)15-7-12-27-14-15/h3,5-7,12-14,26H,2,4,8-11H2,1H3. The molecule has 0 aliphatic carbocycles. The van der Waals surface area contributed by atoms with Gasteiger partial charge in [0.2, 0.25) is 0 Å². The van der Waals surface area contributed by atoms with Crippen LogP contribution in [-0.2, 0) is 10.4 Å². The molecular formula is C20H23ClN2O3S. The van der Waals surface area contributed by atoms with Crippen LogP contribution < -0.4 is 0 Å². The van der Waals surface area contributed by atoms with Gasteiger partial charge in [0.1, 0.15) is 0 Å². The molecular weight excluding hydrogens is 384 g/mol. The predicted octanol–water partition coefficient (Wildman–Crippen LogP) is 3.37. The number of halogens is 1. The number of rotatable bonds is 4. The zero-order valence-corrected chi connectivity index (χ0v) is 16.8. The van der Waals surface area contributed by atoms with E-state index >= 15 is 0 Å². The van der Waals surface area contributed by atoms with E-state index < -0.39 is 5.60 Å². The van der Waals surface area contributed by atoms with Crippen LogP contribution in [-0.4, -0.2) is 52.9 Å². The fourth-order valence-corrected chi connectivity index (χ4v) is 4.20. The van der Waals surface area contributed by atoms with Gasteiger partial charge in [-0.1, -0.05) is 30.7 Å². The van der Waals surface area contributed by atoms with Gasteiger partial charge >= 0.3 is 0 Å². The van der Waals surface area contributed by atoms with E-state index in [9.17, 15) is 14.7 Å². The molecule has 7 heteroatoms. The number of benzene rings is 1. The number of amides is 2. The average molecular weight is 407 g/mol. The Morgan fingerprint density at radius 3 is 2.59 bits per heavy atom. The lowest BCUT2D eigenvalue weighted by molar-refractivity contribution is -0.152. The Hall–Kier alpha value is -1.89. The summed E-state index contributed by atoms with van der Waals surface area (Å²) in [4.78, 5) is 29.2. The van der Waals surface area contributed by atoms with Gasteiger partial charge in [0.15, 0.2) is 5.60 Å². The molecule has 0 radical (unpaired) electrons. The lowest BCUT2D eigenvalue weighted by atomic mass is 9.89. The van der Waals surface area contributed by atoms with Crippen molar-refractivity contribution in [1.29, 1.82) is 0 Å². The summed E-state index contributed by atoms with van der Waals surface area (Å²) in [6, 6.07) is 8.61. The third-order valence-electron chi connectivity index (χ3n) is 5.01. The van der Waals surface area contributed by atoms with Crippen molar-refractivity contribution in [3.05, 3.63) is 57.2 Å². The van der Waals surface area contributed by atoms with Gasteiger partial charge in [0, 0.05) is 36.6 Å². The first-order valence-corrected chi connectivity index (χ1v) is 10.4. The van der Waals surface area contributed by atoms with Crippen LogP contribution in [0.2, 0.25) is 5.02 Å². The molecule has 2 amide bonds. The second-order valence-corrected chi connectivity index (χ2v) is 7.89. The molecule has 3 rings (SSSR count). The molecule has 5 nitrogen and oxygen atoms in total. The van der Waals surface area contributed by atoms with Crippen LogP contribution >= 0.6 is 22.9 Å². The highest BCUT2D eigenvalue weighted by Gasteiger charge is 2.40. The number of thiophene rings is 1. The quantitative estimate of drug-likeness (QED) is 0.846. The number of carbonyl (C=O) groups excluding carboxylic acids is 2. The molecule has 1 fully saturated rings. The first kappa shape index (κ1) is 19.9. The fourth-order valence-electron chi connectivity index (χ4n) is 3.38. The van der Waals surface area contributed by atoms with Crippen LogP contribution in [0.1, 0.15) is 35.7 Å². The summed E-state index contributed by atoms with van der Waals surface area (Å²) in [6.07, 6.45) is 0.928. The molecule has 1 aromatic heterocycles. The minimum Gasteiger partial charge on any atom is -0.375 e. The predicted molar refractivity (Wildman–Crippen MR) is 107 cm³/mol. The van der Waals surface area contributed by atoms with Crippen LogP contribution in [0.5, 0.6) is 0 Å². The molecule has 1 aliphatic heterocycles. The highest BCUT2D eigenvalue weighted by Crippen LogP contribution is 2.30. The van der Waals surface area contributed by atoms with Crippen LogP contribution in [0.15, 0.2) is 41.1 Å². The van der Waals surface area contributed by atoms with Gasteiger partial charge in [0.05, 0.1) is 5.56 Å². The summed E-state index contributed by atoms with van der Waals surface area (Å²) in [5.41, 5.74) is -0.432. The SMILES string of the molecule is CCC(O)(C(=O)N1CCCN(C(=O)c2ccsc2)CC1)c1cccc(Cl)c1. The molecule has 1 aromatic carbocycles. The summed E-state index contributed by atoms with van der Waals surface area (Å²) in [5, 5.41) is 15.3. The Morgan fingerprint density at radius 2 is 1.93 bits per heavy atom. The molecule has 1 aliphatic rings. The Morgan fingerprint density at radius 1 is 1.19 bits per heavy atom. The Kier molecular flexibility index (Phi) is 6.19. The van der Waals surface area contributed by atoms with Crippen LogP contribution in [0.3, 0.4) is 0 Å².